The van der Waals surface area contributed by atoms with Crippen LogP contribution in [0.1, 0.15) is 248 Å². The number of aryl methyl sites for hydroxylation is 3. The van der Waals surface area contributed by atoms with Gasteiger partial charge in [0, 0.05) is 58.2 Å². The second-order valence-electron chi connectivity index (χ2n) is 35.8. The third kappa shape index (κ3) is 25.4. The van der Waals surface area contributed by atoms with Crippen LogP contribution in [0.5, 0.6) is 0 Å². The highest BCUT2D eigenvalue weighted by Crippen LogP contribution is 2.50. The second-order valence-corrected chi connectivity index (χ2v) is 37.1. The fourth-order valence-corrected chi connectivity index (χ4v) is 20.5. The molecule has 676 valence electrons. The molecule has 0 radical (unpaired) electrons. The lowest BCUT2D eigenvalue weighted by Gasteiger charge is -2.22. The first-order valence-electron chi connectivity index (χ1n) is 48.9. The van der Waals surface area contributed by atoms with Crippen molar-refractivity contribution in [1.29, 1.82) is 0 Å². The number of unbranched alkanes of at least 4 members (excludes halogenated alkanes) is 24. The molecule has 3 amide bonds. The van der Waals surface area contributed by atoms with E-state index in [2.05, 4.69) is 242 Å². The Hall–Kier alpha value is -9.93. The van der Waals surface area contributed by atoms with Gasteiger partial charge in [0.15, 0.2) is 0 Å². The molecule has 0 saturated carbocycles. The summed E-state index contributed by atoms with van der Waals surface area (Å²) in [6.07, 6.45) is 39.3. The van der Waals surface area contributed by atoms with Crippen LogP contribution >= 0.6 is 37.9 Å². The van der Waals surface area contributed by atoms with Crippen molar-refractivity contribution < 1.29 is 43.0 Å². The van der Waals surface area contributed by atoms with Gasteiger partial charge in [-0.1, -0.05) is 323 Å². The molecule has 0 unspecified atom stereocenters. The number of hydrogen-bond donors (Lipinski definition) is 6. The van der Waals surface area contributed by atoms with Gasteiger partial charge in [-0.15, -0.1) is 0 Å². The van der Waals surface area contributed by atoms with Gasteiger partial charge in [0.1, 0.15) is 0 Å². The number of ether oxygens (including phenoxy) is 3. The van der Waals surface area contributed by atoms with Crippen molar-refractivity contribution in [3.05, 3.63) is 205 Å². The number of carbonyl (C=O) groups excluding carboxylic acids is 6. The molecule has 0 aliphatic heterocycles. The molecule has 15 heteroatoms. The van der Waals surface area contributed by atoms with Crippen LogP contribution < -0.4 is 16.0 Å². The summed E-state index contributed by atoms with van der Waals surface area (Å²) in [5, 5.41) is 43.3. The number of rotatable bonds is 54. The molecular weight excluding hydrogens is 1650 g/mol. The van der Waals surface area contributed by atoms with Gasteiger partial charge in [-0.25, -0.2) is 0 Å². The van der Waals surface area contributed by atoms with Gasteiger partial charge in [-0.3, -0.25) is 28.8 Å². The molecular formula is C114H133N3O9S3. The number of amides is 3. The van der Waals surface area contributed by atoms with Crippen molar-refractivity contribution in [3.63, 3.8) is 0 Å². The highest BCUT2D eigenvalue weighted by atomic mass is 32.1. The van der Waals surface area contributed by atoms with E-state index < -0.39 is 0 Å². The molecule has 0 atom stereocenters. The molecule has 16 aromatic carbocycles. The van der Waals surface area contributed by atoms with Crippen LogP contribution in [-0.4, -0.2) is 92.3 Å². The molecule has 0 aliphatic rings. The fourth-order valence-electron chi connectivity index (χ4n) is 19.9. The van der Waals surface area contributed by atoms with E-state index >= 15 is 0 Å². The molecule has 0 heterocycles. The molecule has 12 nitrogen and oxygen atoms in total. The molecule has 3 N–H and O–H groups in total. The molecule has 0 spiro atoms. The minimum Gasteiger partial charge on any atom is -0.466 e. The summed E-state index contributed by atoms with van der Waals surface area (Å²) in [6, 6.07) is 69.3. The summed E-state index contributed by atoms with van der Waals surface area (Å²) >= 11 is 12.2. The van der Waals surface area contributed by atoms with Gasteiger partial charge in [-0.05, 0) is 251 Å². The Balaban J connectivity index is 0.000000157. The normalized spacial score (nSPS) is 11.8. The lowest BCUT2D eigenvalue weighted by atomic mass is 9.81. The minimum atomic E-state index is -0.0786. The Kier molecular flexibility index (Phi) is 36.8. The van der Waals surface area contributed by atoms with Gasteiger partial charge < -0.3 is 30.2 Å². The summed E-state index contributed by atoms with van der Waals surface area (Å²) in [4.78, 5) is 71.5. The number of carbonyl (C=O) groups is 6. The zero-order chi connectivity index (χ0) is 89.3. The lowest BCUT2D eigenvalue weighted by molar-refractivity contribution is -0.144. The highest BCUT2D eigenvalue weighted by molar-refractivity contribution is 7.80. The van der Waals surface area contributed by atoms with E-state index in [1.54, 1.807) is 0 Å². The summed E-state index contributed by atoms with van der Waals surface area (Å²) in [5.74, 6) is 1.91. The van der Waals surface area contributed by atoms with Crippen molar-refractivity contribution in [3.8, 4) is 0 Å². The smallest absolute Gasteiger partial charge is 0.305 e. The summed E-state index contributed by atoms with van der Waals surface area (Å²) in [5.41, 5.74) is 3.93. The average Bonchev–Trinajstić information content (AvgIpc) is 0.684. The number of benzene rings is 16. The molecule has 16 rings (SSSR count). The Morgan fingerprint density at radius 3 is 0.868 bits per heavy atom. The Morgan fingerprint density at radius 2 is 0.465 bits per heavy atom. The molecule has 0 saturated heterocycles. The Bertz CT molecular complexity index is 6160. The first-order valence-corrected chi connectivity index (χ1v) is 50.8. The standard InChI is InChI=1S/C42H45NO3S.C38H45NO3S.C34H43NO3S/c44-35(23-26-47)43-24-8-6-4-2-1-3-5-7-9-25-46-36(45)12-10-11-32-27-33-20-19-30-16-14-28-13-15-29-17-18-31-21-22-34(32)42-40(31)38(29)37(28)39(30)41(33)42;40-35(24-27-43)39-25-8-6-4-2-1-3-5-7-9-26-42-36(41)21-12-14-28-22-23-34-32-19-11-16-29-15-10-18-31(37(29)32)33-20-13-17-30(28)38(33)34;36-31(22-25-39)35-23-8-6-4-2-1-3-5-7-9-24-38-32(37)15-11-12-26-16-17-29-19-18-27-13-10-14-28-20-21-30(26)34(29)33(27)28/h13-22,27,47H,1-12,23-26H2,(H,43,44);10-11,13,15-20,22-23,43H,1-9,12,14,21,24-27H2,(H,39,40);10,13-14,16-21,39H,1-9,11-12,15,22-25H2,(H,35,36). The number of nitrogens with one attached hydrogen (secondary N) is 3. The number of fused-ring (bicyclic) bond motifs is 2. The molecule has 129 heavy (non-hydrogen) atoms. The first kappa shape index (κ1) is 95.2. The maximum Gasteiger partial charge on any atom is 0.305 e. The topological polar surface area (TPSA) is 166 Å². The van der Waals surface area contributed by atoms with E-state index in [0.717, 1.165) is 116 Å². The van der Waals surface area contributed by atoms with Crippen LogP contribution in [0, 0.1) is 0 Å². The van der Waals surface area contributed by atoms with Gasteiger partial charge in [0.25, 0.3) is 0 Å². The van der Waals surface area contributed by atoms with Crippen molar-refractivity contribution in [2.45, 2.75) is 250 Å². The lowest BCUT2D eigenvalue weighted by Crippen LogP contribution is -2.24. The van der Waals surface area contributed by atoms with E-state index in [0.29, 0.717) is 75.6 Å². The zero-order valence-corrected chi connectivity index (χ0v) is 78.5. The van der Waals surface area contributed by atoms with Crippen molar-refractivity contribution >= 4 is 214 Å². The largest absolute Gasteiger partial charge is 0.466 e. The van der Waals surface area contributed by atoms with E-state index in [-0.39, 0.29) is 35.6 Å². The van der Waals surface area contributed by atoms with Crippen LogP contribution in [0.2, 0.25) is 0 Å². The summed E-state index contributed by atoms with van der Waals surface area (Å²) in [7, 11) is 0. The quantitative estimate of drug-likeness (QED) is 0.00543. The van der Waals surface area contributed by atoms with E-state index in [9.17, 15) is 28.8 Å². The highest BCUT2D eigenvalue weighted by Gasteiger charge is 2.23. The summed E-state index contributed by atoms with van der Waals surface area (Å²) in [6.45, 7) is 3.94. The van der Waals surface area contributed by atoms with E-state index in [1.165, 1.54) is 272 Å². The first-order chi connectivity index (χ1) is 63.5. The van der Waals surface area contributed by atoms with Crippen molar-refractivity contribution in [2.24, 2.45) is 0 Å². The zero-order valence-electron chi connectivity index (χ0n) is 75.9. The third-order valence-corrected chi connectivity index (χ3v) is 27.2. The maximum atomic E-state index is 12.6. The number of thiol groups is 3. The van der Waals surface area contributed by atoms with Crippen molar-refractivity contribution in [1.82, 2.24) is 16.0 Å². The number of hydrogen-bond acceptors (Lipinski definition) is 12. The summed E-state index contributed by atoms with van der Waals surface area (Å²) < 4.78 is 16.7. The molecule has 0 aliphatic carbocycles. The van der Waals surface area contributed by atoms with Gasteiger partial charge in [0.05, 0.1) is 19.8 Å². The van der Waals surface area contributed by atoms with E-state index in [1.807, 2.05) is 0 Å². The Labute approximate surface area is 778 Å². The monoisotopic (exact) mass is 1780 g/mol. The second kappa shape index (κ2) is 49.9. The van der Waals surface area contributed by atoms with Gasteiger partial charge >= 0.3 is 17.9 Å². The van der Waals surface area contributed by atoms with Crippen LogP contribution in [0.25, 0.3) is 140 Å². The predicted molar refractivity (Wildman–Crippen MR) is 554 cm³/mol. The van der Waals surface area contributed by atoms with Crippen LogP contribution in [-0.2, 0) is 62.2 Å². The fraction of sp³-hybridized carbons (Fsp3) is 0.421. The SMILES string of the molecule is O=C(CCS)NCCCCCCCCCCCOC(=O)CCCc1cc2ccc3ccc4ccc5ccc6ccc1c1c6c5c4c3c21.O=C(CCS)NCCCCCCCCCCCOC(=O)CCCc1ccc2c3cccc4cccc(c5cccc1c52)c43.O=C(CCS)NCCCCCCCCCCCOC(=O)CCCc1ccc2ccc3cccc4ccc1c2c34. The number of esters is 3. The van der Waals surface area contributed by atoms with E-state index in [4.69, 9.17) is 14.2 Å². The molecule has 0 fully saturated rings. The predicted octanol–water partition coefficient (Wildman–Crippen LogP) is 28.7. The molecule has 16 aromatic rings. The third-order valence-electron chi connectivity index (χ3n) is 26.5. The van der Waals surface area contributed by atoms with Crippen LogP contribution in [0.3, 0.4) is 0 Å². The molecule has 0 aromatic heterocycles. The van der Waals surface area contributed by atoms with Crippen molar-refractivity contribution in [2.75, 3.05) is 56.7 Å². The van der Waals surface area contributed by atoms with Gasteiger partial charge in [-0.2, -0.15) is 37.9 Å². The average molecular weight is 1790 g/mol. The minimum absolute atomic E-state index is 0.0745. The Morgan fingerprint density at radius 1 is 0.209 bits per heavy atom. The molecule has 0 bridgehead atoms. The maximum absolute atomic E-state index is 12.6. The van der Waals surface area contributed by atoms with Crippen LogP contribution in [0.15, 0.2) is 188 Å². The van der Waals surface area contributed by atoms with Crippen LogP contribution in [0.4, 0.5) is 0 Å². The van der Waals surface area contributed by atoms with Gasteiger partial charge in [0.2, 0.25) is 17.7 Å².